The Bertz CT molecular complexity index is 452. The summed E-state index contributed by atoms with van der Waals surface area (Å²) in [6.45, 7) is 0. The Kier molecular flexibility index (Phi) is 4.78. The van der Waals surface area contributed by atoms with Crippen molar-refractivity contribution in [1.82, 2.24) is 0 Å². The maximum absolute atomic E-state index is 10.4. The van der Waals surface area contributed by atoms with Gasteiger partial charge in [0.15, 0.2) is 4.32 Å². The highest BCUT2D eigenvalue weighted by Crippen LogP contribution is 2.17. The van der Waals surface area contributed by atoms with Gasteiger partial charge in [0.1, 0.15) is 0 Å². The van der Waals surface area contributed by atoms with Gasteiger partial charge < -0.3 is 0 Å². The lowest BCUT2D eigenvalue weighted by molar-refractivity contribution is -0.384. The first-order valence-corrected chi connectivity index (χ1v) is 5.55. The van der Waals surface area contributed by atoms with Crippen molar-refractivity contribution in [1.29, 1.82) is 5.41 Å². The van der Waals surface area contributed by atoms with Gasteiger partial charge in [-0.25, -0.2) is 5.41 Å². The maximum atomic E-state index is 10.4. The van der Waals surface area contributed by atoms with Gasteiger partial charge >= 0.3 is 0 Å². The standard InChI is InChI=1S/C9H7N3O2S2/c10-6-11-9(15)16-5-7-1-3-8(4-2-7)12(13)14/h1-4,10H,5H2. The molecule has 7 heteroatoms. The largest absolute Gasteiger partial charge is 0.269 e. The fourth-order valence-corrected chi connectivity index (χ4v) is 1.75. The van der Waals surface area contributed by atoms with E-state index in [1.807, 2.05) is 6.01 Å². The van der Waals surface area contributed by atoms with Crippen LogP contribution in [0.5, 0.6) is 0 Å². The summed E-state index contributed by atoms with van der Waals surface area (Å²) in [7, 11) is 0. The summed E-state index contributed by atoms with van der Waals surface area (Å²) in [5, 5.41) is 17.0. The van der Waals surface area contributed by atoms with Crippen molar-refractivity contribution in [3.05, 3.63) is 39.9 Å². The first-order valence-electron chi connectivity index (χ1n) is 4.16. The Hall–Kier alpha value is -1.56. The van der Waals surface area contributed by atoms with Crippen molar-refractivity contribution < 1.29 is 4.92 Å². The van der Waals surface area contributed by atoms with Gasteiger partial charge in [-0.1, -0.05) is 23.9 Å². The molecule has 0 aliphatic carbocycles. The van der Waals surface area contributed by atoms with Crippen LogP contribution in [0.2, 0.25) is 0 Å². The maximum Gasteiger partial charge on any atom is 0.269 e. The van der Waals surface area contributed by atoms with E-state index in [-0.39, 0.29) is 5.69 Å². The average Bonchev–Trinajstić information content (AvgIpc) is 2.27. The van der Waals surface area contributed by atoms with Crippen LogP contribution >= 0.6 is 24.0 Å². The van der Waals surface area contributed by atoms with Crippen LogP contribution in [0.25, 0.3) is 0 Å². The molecule has 0 atom stereocenters. The van der Waals surface area contributed by atoms with E-state index in [1.165, 1.54) is 23.9 Å². The Labute approximate surface area is 101 Å². The number of aliphatic imine (C=N–C) groups is 1. The van der Waals surface area contributed by atoms with Gasteiger partial charge in [-0.05, 0) is 17.8 Å². The monoisotopic (exact) mass is 253 g/mol. The smallest absolute Gasteiger partial charge is 0.258 e. The second kappa shape index (κ2) is 6.12. The minimum Gasteiger partial charge on any atom is -0.258 e. The number of nitrogens with zero attached hydrogens (tertiary/aromatic N) is 2. The van der Waals surface area contributed by atoms with Crippen molar-refractivity contribution in [2.24, 2.45) is 4.99 Å². The third-order valence-corrected chi connectivity index (χ3v) is 2.92. The summed E-state index contributed by atoms with van der Waals surface area (Å²) in [5.41, 5.74) is 0.979. The fourth-order valence-electron chi connectivity index (χ4n) is 0.937. The molecule has 1 N–H and O–H groups in total. The summed E-state index contributed by atoms with van der Waals surface area (Å²) in [5.74, 6) is 0.571. The molecule has 1 rings (SSSR count). The normalized spacial score (nSPS) is 9.25. The van der Waals surface area contributed by atoms with E-state index in [4.69, 9.17) is 17.6 Å². The molecule has 1 aromatic carbocycles. The molecule has 0 spiro atoms. The molecule has 0 fully saturated rings. The molecule has 0 radical (unpaired) electrons. The topological polar surface area (TPSA) is 79.3 Å². The lowest BCUT2D eigenvalue weighted by Gasteiger charge is -1.98. The highest BCUT2D eigenvalue weighted by atomic mass is 32.2. The van der Waals surface area contributed by atoms with Crippen LogP contribution in [0.1, 0.15) is 5.56 Å². The lowest BCUT2D eigenvalue weighted by atomic mass is 10.2. The number of thioether (sulfide) groups is 1. The zero-order valence-corrected chi connectivity index (χ0v) is 9.68. The number of rotatable bonds is 3. The summed E-state index contributed by atoms with van der Waals surface area (Å²) < 4.78 is 0.327. The molecule has 0 amide bonds. The summed E-state index contributed by atoms with van der Waals surface area (Å²) in [6, 6.07) is 8.08. The first kappa shape index (κ1) is 12.5. The number of hydrogen-bond donors (Lipinski definition) is 1. The van der Waals surface area contributed by atoms with Crippen molar-refractivity contribution in [3.8, 4) is 0 Å². The van der Waals surface area contributed by atoms with E-state index in [1.54, 1.807) is 12.1 Å². The van der Waals surface area contributed by atoms with Crippen molar-refractivity contribution in [2.45, 2.75) is 5.75 Å². The number of nitro groups is 1. The lowest BCUT2D eigenvalue weighted by Crippen LogP contribution is -1.89. The molecule has 16 heavy (non-hydrogen) atoms. The molecule has 0 heterocycles. The number of nitrogens with one attached hydrogen (secondary N) is 1. The summed E-state index contributed by atoms with van der Waals surface area (Å²) in [4.78, 5) is 13.4. The van der Waals surface area contributed by atoms with Crippen LogP contribution in [-0.4, -0.2) is 15.3 Å². The Morgan fingerprint density at radius 3 is 2.69 bits per heavy atom. The van der Waals surface area contributed by atoms with Gasteiger partial charge in [-0.15, -0.1) is 0 Å². The molecule has 82 valence electrons. The Balaban J connectivity index is 2.59. The van der Waals surface area contributed by atoms with Crippen LogP contribution in [0, 0.1) is 15.5 Å². The molecule has 0 bridgehead atoms. The molecule has 0 aromatic heterocycles. The van der Waals surface area contributed by atoms with Gasteiger partial charge in [0.2, 0.25) is 0 Å². The molecule has 0 saturated carbocycles. The molecule has 0 saturated heterocycles. The molecule has 0 unspecified atom stereocenters. The van der Waals surface area contributed by atoms with Crippen LogP contribution in [0.15, 0.2) is 29.3 Å². The average molecular weight is 253 g/mol. The van der Waals surface area contributed by atoms with E-state index in [0.717, 1.165) is 5.56 Å². The predicted molar refractivity (Wildman–Crippen MR) is 67.1 cm³/mol. The van der Waals surface area contributed by atoms with Crippen molar-refractivity contribution in [3.63, 3.8) is 0 Å². The van der Waals surface area contributed by atoms with E-state index < -0.39 is 4.92 Å². The van der Waals surface area contributed by atoms with Crippen molar-refractivity contribution in [2.75, 3.05) is 0 Å². The highest BCUT2D eigenvalue weighted by Gasteiger charge is 2.04. The number of non-ortho nitro benzene ring substituents is 1. The third-order valence-electron chi connectivity index (χ3n) is 1.66. The van der Waals surface area contributed by atoms with E-state index in [2.05, 4.69) is 4.99 Å². The van der Waals surface area contributed by atoms with Gasteiger partial charge in [-0.3, -0.25) is 10.1 Å². The number of hydrogen-bond acceptors (Lipinski definition) is 5. The quantitative estimate of drug-likeness (QED) is 0.389. The minimum atomic E-state index is -0.444. The van der Waals surface area contributed by atoms with Crippen LogP contribution in [0.3, 0.4) is 0 Å². The van der Waals surface area contributed by atoms with Gasteiger partial charge in [0, 0.05) is 17.9 Å². The molecule has 1 aromatic rings. The zero-order valence-electron chi connectivity index (χ0n) is 8.04. The summed E-state index contributed by atoms with van der Waals surface area (Å²) >= 11 is 6.11. The van der Waals surface area contributed by atoms with Crippen LogP contribution in [0.4, 0.5) is 5.69 Å². The molecule has 5 nitrogen and oxygen atoms in total. The molecular formula is C9H7N3O2S2. The third kappa shape index (κ3) is 3.90. The van der Waals surface area contributed by atoms with Crippen LogP contribution < -0.4 is 0 Å². The predicted octanol–water partition coefficient (Wildman–Crippen LogP) is 2.87. The Morgan fingerprint density at radius 1 is 1.56 bits per heavy atom. The second-order valence-electron chi connectivity index (χ2n) is 2.70. The van der Waals surface area contributed by atoms with Gasteiger partial charge in [0.25, 0.3) is 5.69 Å². The molecular weight excluding hydrogens is 246 g/mol. The van der Waals surface area contributed by atoms with Crippen molar-refractivity contribution >= 4 is 40.0 Å². The van der Waals surface area contributed by atoms with E-state index >= 15 is 0 Å². The zero-order chi connectivity index (χ0) is 12.0. The minimum absolute atomic E-state index is 0.0637. The molecule has 0 aliphatic rings. The second-order valence-corrected chi connectivity index (χ2v) is 4.31. The van der Waals surface area contributed by atoms with E-state index in [0.29, 0.717) is 10.1 Å². The first-order chi connectivity index (χ1) is 7.63. The number of nitro benzene ring substituents is 1. The van der Waals surface area contributed by atoms with Gasteiger partial charge in [0.05, 0.1) is 10.9 Å². The Morgan fingerprint density at radius 2 is 2.19 bits per heavy atom. The SMILES string of the molecule is N=C=NC(=S)SCc1ccc([N+](=O)[O-])cc1. The number of benzene rings is 1. The summed E-state index contributed by atoms with van der Waals surface area (Å²) in [6.07, 6.45) is 0. The van der Waals surface area contributed by atoms with E-state index in [9.17, 15) is 10.1 Å². The highest BCUT2D eigenvalue weighted by molar-refractivity contribution is 8.22. The van der Waals surface area contributed by atoms with Crippen LogP contribution in [-0.2, 0) is 5.75 Å². The molecule has 0 aliphatic heterocycles. The number of thiocarbonyl (C=S) groups is 1. The van der Waals surface area contributed by atoms with Gasteiger partial charge in [-0.2, -0.15) is 4.99 Å². The fraction of sp³-hybridized carbons (Fsp3) is 0.111.